The van der Waals surface area contributed by atoms with Crippen LogP contribution in [0.1, 0.15) is 55.6 Å². The van der Waals surface area contributed by atoms with Gasteiger partial charge in [-0.2, -0.15) is 0 Å². The summed E-state index contributed by atoms with van der Waals surface area (Å²) in [5, 5.41) is 20.0. The van der Waals surface area contributed by atoms with E-state index in [0.717, 1.165) is 56.5 Å². The third-order valence-corrected chi connectivity index (χ3v) is 7.63. The predicted octanol–water partition coefficient (Wildman–Crippen LogP) is 6.12. The first-order valence-corrected chi connectivity index (χ1v) is 12.7. The van der Waals surface area contributed by atoms with Crippen LogP contribution in [0, 0.1) is 0 Å². The average molecular weight is 458 g/mol. The van der Waals surface area contributed by atoms with Gasteiger partial charge in [-0.05, 0) is 91.2 Å². The van der Waals surface area contributed by atoms with Crippen LogP contribution in [0.25, 0.3) is 11.1 Å². The van der Waals surface area contributed by atoms with Crippen molar-refractivity contribution in [1.82, 2.24) is 4.90 Å². The summed E-state index contributed by atoms with van der Waals surface area (Å²) in [4.78, 5) is 2.54. The highest BCUT2D eigenvalue weighted by molar-refractivity contribution is 5.71. The predicted molar refractivity (Wildman–Crippen MR) is 136 cm³/mol. The lowest BCUT2D eigenvalue weighted by atomic mass is 9.82. The van der Waals surface area contributed by atoms with Crippen molar-refractivity contribution in [2.24, 2.45) is 0 Å². The molecule has 2 aliphatic rings. The number of rotatable bonds is 6. The lowest BCUT2D eigenvalue weighted by molar-refractivity contribution is 0.00873. The highest BCUT2D eigenvalue weighted by atomic mass is 16.5. The lowest BCUT2D eigenvalue weighted by Gasteiger charge is -2.42. The maximum atomic E-state index is 10.5. The molecule has 2 atom stereocenters. The van der Waals surface area contributed by atoms with Gasteiger partial charge < -0.3 is 14.9 Å². The summed E-state index contributed by atoms with van der Waals surface area (Å²) in [5.74, 6) is 1.52. The van der Waals surface area contributed by atoms with Crippen molar-refractivity contribution in [3.8, 4) is 22.6 Å². The molecule has 2 unspecified atom stereocenters. The standard InChI is InChI=1S/C30H35NO3/c32-24-13-15-25(16-14-24)34-21-23-7-1-2-9-27(23)28-10-4-3-8-26(28)22-17-19-31(20-18-22)29-11-5-6-12-30(29)33/h1-4,7-10,13-16,22,29-30,32-33H,5-6,11-12,17-21H2. The van der Waals surface area contributed by atoms with E-state index in [2.05, 4.69) is 53.4 Å². The zero-order valence-corrected chi connectivity index (χ0v) is 19.8. The average Bonchev–Trinajstić information content (AvgIpc) is 2.89. The second-order valence-electron chi connectivity index (χ2n) is 9.76. The van der Waals surface area contributed by atoms with Gasteiger partial charge in [-0.3, -0.25) is 4.90 Å². The molecular formula is C30H35NO3. The minimum absolute atomic E-state index is 0.155. The molecule has 0 radical (unpaired) electrons. The Kier molecular flexibility index (Phi) is 7.17. The topological polar surface area (TPSA) is 52.9 Å². The van der Waals surface area contributed by atoms with Gasteiger partial charge in [-0.15, -0.1) is 0 Å². The van der Waals surface area contributed by atoms with E-state index in [9.17, 15) is 10.2 Å². The number of phenols is 1. The Bertz CT molecular complexity index is 1070. The summed E-state index contributed by atoms with van der Waals surface area (Å²) in [6.45, 7) is 2.60. The second-order valence-corrected chi connectivity index (χ2v) is 9.76. The number of phenolic OH excluding ortho intramolecular Hbond substituents is 1. The van der Waals surface area contributed by atoms with Crippen molar-refractivity contribution in [2.45, 2.75) is 63.2 Å². The van der Waals surface area contributed by atoms with Crippen LogP contribution in [0.2, 0.25) is 0 Å². The van der Waals surface area contributed by atoms with Gasteiger partial charge in [0.1, 0.15) is 18.1 Å². The summed E-state index contributed by atoms with van der Waals surface area (Å²) in [5.41, 5.74) is 5.10. The molecule has 1 saturated carbocycles. The van der Waals surface area contributed by atoms with Crippen molar-refractivity contribution >= 4 is 0 Å². The minimum atomic E-state index is -0.155. The smallest absolute Gasteiger partial charge is 0.120 e. The summed E-state index contributed by atoms with van der Waals surface area (Å²) < 4.78 is 6.04. The van der Waals surface area contributed by atoms with E-state index in [1.54, 1.807) is 24.3 Å². The first-order chi connectivity index (χ1) is 16.7. The van der Waals surface area contributed by atoms with Crippen LogP contribution in [0.5, 0.6) is 11.5 Å². The molecular weight excluding hydrogens is 422 g/mol. The largest absolute Gasteiger partial charge is 0.508 e. The summed E-state index contributed by atoms with van der Waals surface area (Å²) in [6, 6.07) is 24.6. The summed E-state index contributed by atoms with van der Waals surface area (Å²) >= 11 is 0. The van der Waals surface area contributed by atoms with Crippen molar-refractivity contribution in [3.05, 3.63) is 83.9 Å². The van der Waals surface area contributed by atoms with Gasteiger partial charge in [-0.1, -0.05) is 61.4 Å². The summed E-state index contributed by atoms with van der Waals surface area (Å²) in [7, 11) is 0. The number of aromatic hydroxyl groups is 1. The Labute approximate surface area is 202 Å². The van der Waals surface area contributed by atoms with Gasteiger partial charge in [0.15, 0.2) is 0 Å². The molecule has 3 aromatic rings. The normalized spacial score (nSPS) is 21.9. The zero-order chi connectivity index (χ0) is 23.3. The van der Waals surface area contributed by atoms with E-state index >= 15 is 0 Å². The van der Waals surface area contributed by atoms with E-state index in [-0.39, 0.29) is 11.9 Å². The molecule has 0 spiro atoms. The Morgan fingerprint density at radius 1 is 0.765 bits per heavy atom. The Balaban J connectivity index is 1.32. The van der Waals surface area contributed by atoms with Gasteiger partial charge in [-0.25, -0.2) is 0 Å². The molecule has 3 aromatic carbocycles. The number of hydrogen-bond donors (Lipinski definition) is 2. The van der Waals surface area contributed by atoms with Gasteiger partial charge in [0.25, 0.3) is 0 Å². The van der Waals surface area contributed by atoms with Crippen molar-refractivity contribution in [1.29, 1.82) is 0 Å². The maximum absolute atomic E-state index is 10.5. The molecule has 2 N–H and O–H groups in total. The first kappa shape index (κ1) is 22.9. The third kappa shape index (κ3) is 5.13. The zero-order valence-electron chi connectivity index (χ0n) is 19.8. The molecule has 1 saturated heterocycles. The fraction of sp³-hybridized carbons (Fsp3) is 0.400. The number of benzene rings is 3. The molecule has 0 amide bonds. The minimum Gasteiger partial charge on any atom is -0.508 e. The van der Waals surface area contributed by atoms with E-state index in [1.165, 1.54) is 23.1 Å². The van der Waals surface area contributed by atoms with E-state index in [0.29, 0.717) is 18.6 Å². The first-order valence-electron chi connectivity index (χ1n) is 12.7. The van der Waals surface area contributed by atoms with Crippen LogP contribution in [-0.2, 0) is 6.61 Å². The van der Waals surface area contributed by atoms with Gasteiger partial charge >= 0.3 is 0 Å². The fourth-order valence-corrected chi connectivity index (χ4v) is 5.77. The Morgan fingerprint density at radius 2 is 1.44 bits per heavy atom. The van der Waals surface area contributed by atoms with Crippen molar-refractivity contribution < 1.29 is 14.9 Å². The highest BCUT2D eigenvalue weighted by Gasteiger charge is 2.32. The quantitative estimate of drug-likeness (QED) is 0.468. The lowest BCUT2D eigenvalue weighted by Crippen LogP contribution is -2.48. The van der Waals surface area contributed by atoms with Crippen LogP contribution in [0.15, 0.2) is 72.8 Å². The van der Waals surface area contributed by atoms with Crippen molar-refractivity contribution in [2.75, 3.05) is 13.1 Å². The third-order valence-electron chi connectivity index (χ3n) is 7.63. The van der Waals surface area contributed by atoms with E-state index in [1.807, 2.05) is 0 Å². The number of piperidine rings is 1. The van der Waals surface area contributed by atoms with E-state index in [4.69, 9.17) is 4.74 Å². The molecule has 1 aliphatic carbocycles. The molecule has 1 aliphatic heterocycles. The molecule has 4 nitrogen and oxygen atoms in total. The molecule has 2 fully saturated rings. The molecule has 178 valence electrons. The van der Waals surface area contributed by atoms with Crippen LogP contribution in [0.4, 0.5) is 0 Å². The number of likely N-dealkylation sites (tertiary alicyclic amines) is 1. The van der Waals surface area contributed by atoms with Gasteiger partial charge in [0.05, 0.1) is 6.10 Å². The Hall–Kier alpha value is -2.82. The molecule has 0 aromatic heterocycles. The van der Waals surface area contributed by atoms with Crippen molar-refractivity contribution in [3.63, 3.8) is 0 Å². The number of nitrogens with zero attached hydrogens (tertiary/aromatic N) is 1. The molecule has 1 heterocycles. The SMILES string of the molecule is Oc1ccc(OCc2ccccc2-c2ccccc2C2CCN(C3CCCCC3O)CC2)cc1. The van der Waals surface area contributed by atoms with Crippen LogP contribution < -0.4 is 4.74 Å². The fourth-order valence-electron chi connectivity index (χ4n) is 5.77. The number of ether oxygens (including phenoxy) is 1. The highest BCUT2D eigenvalue weighted by Crippen LogP contribution is 2.38. The molecule has 5 rings (SSSR count). The van der Waals surface area contributed by atoms with E-state index < -0.39 is 0 Å². The molecule has 0 bridgehead atoms. The van der Waals surface area contributed by atoms with Crippen LogP contribution >= 0.6 is 0 Å². The van der Waals surface area contributed by atoms with Gasteiger partial charge in [0.2, 0.25) is 0 Å². The second kappa shape index (κ2) is 10.6. The summed E-state index contributed by atoms with van der Waals surface area (Å²) in [6.07, 6.45) is 6.61. The van der Waals surface area contributed by atoms with Crippen LogP contribution in [-0.4, -0.2) is 40.3 Å². The number of aliphatic hydroxyl groups is 1. The molecule has 34 heavy (non-hydrogen) atoms. The number of hydrogen-bond acceptors (Lipinski definition) is 4. The van der Waals surface area contributed by atoms with Gasteiger partial charge in [0, 0.05) is 6.04 Å². The monoisotopic (exact) mass is 457 g/mol. The maximum Gasteiger partial charge on any atom is 0.120 e. The van der Waals surface area contributed by atoms with Crippen LogP contribution in [0.3, 0.4) is 0 Å². The Morgan fingerprint density at radius 3 is 2.21 bits per heavy atom. The molecule has 4 heteroatoms. The number of aliphatic hydroxyl groups excluding tert-OH is 1.